The number of nitrogens with two attached hydrogens (primary N) is 1. The summed E-state index contributed by atoms with van der Waals surface area (Å²) in [6, 6.07) is 13.4. The topological polar surface area (TPSA) is 105 Å². The van der Waals surface area contributed by atoms with Gasteiger partial charge in [-0.25, -0.2) is 0 Å². The highest BCUT2D eigenvalue weighted by Crippen LogP contribution is 2.41. The largest absolute Gasteiger partial charge is 0.496 e. The molecule has 0 radical (unpaired) electrons. The Bertz CT molecular complexity index is 1090. The van der Waals surface area contributed by atoms with Gasteiger partial charge in [0.05, 0.1) is 26.2 Å². The lowest BCUT2D eigenvalue weighted by Crippen LogP contribution is -2.46. The number of methoxy groups -OCH3 is 1. The van der Waals surface area contributed by atoms with Crippen LogP contribution in [-0.2, 0) is 22.4 Å². The number of fused-ring (bicyclic) bond motifs is 1. The Morgan fingerprint density at radius 3 is 2.76 bits per heavy atom. The highest BCUT2D eigenvalue weighted by atomic mass is 16.5. The zero-order valence-electron chi connectivity index (χ0n) is 21.9. The van der Waals surface area contributed by atoms with E-state index in [2.05, 4.69) is 17.9 Å². The van der Waals surface area contributed by atoms with Crippen LogP contribution < -0.4 is 15.2 Å². The molecule has 8 heteroatoms. The lowest BCUT2D eigenvalue weighted by Gasteiger charge is -2.30. The van der Waals surface area contributed by atoms with Gasteiger partial charge in [-0.3, -0.25) is 14.5 Å². The van der Waals surface area contributed by atoms with Crippen LogP contribution in [0.25, 0.3) is 0 Å². The number of aliphatic carboxylic acids is 1. The molecule has 3 N–H and O–H groups in total. The molecule has 8 nitrogen and oxygen atoms in total. The molecule has 3 unspecified atom stereocenters. The van der Waals surface area contributed by atoms with E-state index in [9.17, 15) is 14.7 Å². The second kappa shape index (κ2) is 12.4. The van der Waals surface area contributed by atoms with E-state index in [-0.39, 0.29) is 24.4 Å². The number of carboxylic acid groups (broad SMARTS) is 1. The molecule has 0 aromatic heterocycles. The van der Waals surface area contributed by atoms with E-state index >= 15 is 0 Å². The average Bonchev–Trinajstić information content (AvgIpc) is 3.51. The van der Waals surface area contributed by atoms with Gasteiger partial charge in [0.2, 0.25) is 5.91 Å². The molecule has 0 bridgehead atoms. The number of nitrogens with zero attached hydrogens (tertiary/aromatic N) is 2. The first-order valence-corrected chi connectivity index (χ1v) is 13.3. The summed E-state index contributed by atoms with van der Waals surface area (Å²) in [6.45, 7) is 4.96. The molecule has 0 saturated carbocycles. The number of ether oxygens (including phenoxy) is 2. The van der Waals surface area contributed by atoms with Crippen LogP contribution in [0.5, 0.6) is 11.5 Å². The van der Waals surface area contributed by atoms with Crippen LogP contribution in [0.2, 0.25) is 0 Å². The van der Waals surface area contributed by atoms with Crippen molar-refractivity contribution in [3.05, 3.63) is 59.2 Å². The molecule has 3 atom stereocenters. The van der Waals surface area contributed by atoms with Crippen LogP contribution >= 0.6 is 0 Å². The average molecular weight is 510 g/mol. The van der Waals surface area contributed by atoms with Gasteiger partial charge in [-0.2, -0.15) is 0 Å². The normalized spacial score (nSPS) is 20.9. The Kier molecular flexibility index (Phi) is 9.05. The van der Waals surface area contributed by atoms with E-state index in [4.69, 9.17) is 15.2 Å². The number of amides is 1. The number of carboxylic acids is 1. The van der Waals surface area contributed by atoms with Crippen molar-refractivity contribution in [1.82, 2.24) is 9.80 Å². The van der Waals surface area contributed by atoms with Gasteiger partial charge in [0.15, 0.2) is 0 Å². The fraction of sp³-hybridized carbons (Fsp3) is 0.517. The number of unbranched alkanes of at least 4 members (excludes halogenated alkanes) is 1. The Hall–Kier alpha value is -3.10. The van der Waals surface area contributed by atoms with Crippen LogP contribution in [0.3, 0.4) is 0 Å². The summed E-state index contributed by atoms with van der Waals surface area (Å²) in [6.07, 6.45) is 3.20. The summed E-state index contributed by atoms with van der Waals surface area (Å²) in [5, 5.41) is 10.5. The highest BCUT2D eigenvalue weighted by molar-refractivity contribution is 5.79. The van der Waals surface area contributed by atoms with E-state index < -0.39 is 11.9 Å². The fourth-order valence-electron chi connectivity index (χ4n) is 5.76. The molecule has 4 rings (SSSR count). The third kappa shape index (κ3) is 6.08. The van der Waals surface area contributed by atoms with Crippen molar-refractivity contribution in [2.45, 2.75) is 44.6 Å². The Balaban J connectivity index is 1.66. The maximum atomic E-state index is 13.4. The lowest BCUT2D eigenvalue weighted by atomic mass is 9.82. The molecule has 2 aliphatic rings. The number of carbonyl (C=O) groups excluding carboxylic acids is 1. The minimum atomic E-state index is -0.846. The van der Waals surface area contributed by atoms with Gasteiger partial charge in [0.25, 0.3) is 0 Å². The molecule has 0 aliphatic carbocycles. The molecule has 1 fully saturated rings. The second-order valence-corrected chi connectivity index (χ2v) is 9.97. The van der Waals surface area contributed by atoms with Gasteiger partial charge in [0, 0.05) is 44.6 Å². The Morgan fingerprint density at radius 1 is 1.22 bits per heavy atom. The van der Waals surface area contributed by atoms with Crippen molar-refractivity contribution in [2.75, 3.05) is 46.4 Å². The third-order valence-corrected chi connectivity index (χ3v) is 7.67. The van der Waals surface area contributed by atoms with E-state index in [1.807, 2.05) is 41.3 Å². The molecule has 1 amide bonds. The summed E-state index contributed by atoms with van der Waals surface area (Å²) in [5.41, 5.74) is 8.84. The van der Waals surface area contributed by atoms with Crippen molar-refractivity contribution in [2.24, 2.45) is 11.7 Å². The molecule has 2 aromatic carbocycles. The molecule has 0 spiro atoms. The Morgan fingerprint density at radius 2 is 2.03 bits per heavy atom. The smallest absolute Gasteiger partial charge is 0.308 e. The van der Waals surface area contributed by atoms with Crippen LogP contribution in [-0.4, -0.2) is 79.3 Å². The molecular weight excluding hydrogens is 470 g/mol. The number of likely N-dealkylation sites (tertiary alicyclic amines) is 1. The summed E-state index contributed by atoms with van der Waals surface area (Å²) in [5.74, 6) is -0.160. The first kappa shape index (κ1) is 26.9. The second-order valence-electron chi connectivity index (χ2n) is 9.97. The lowest BCUT2D eigenvalue weighted by molar-refractivity contribution is -0.143. The van der Waals surface area contributed by atoms with Crippen molar-refractivity contribution >= 4 is 11.9 Å². The van der Waals surface area contributed by atoms with Crippen molar-refractivity contribution in [3.8, 4) is 11.5 Å². The summed E-state index contributed by atoms with van der Waals surface area (Å²) < 4.78 is 11.2. The SMILES string of the molecule is CCCCN(CCN)C(=O)CN1CC(c2ccc3c(c2)CCO3)C(C(=O)O)C1Cc1ccccc1OC. The van der Waals surface area contributed by atoms with E-state index in [0.717, 1.165) is 47.5 Å². The minimum absolute atomic E-state index is 0.00364. The summed E-state index contributed by atoms with van der Waals surface area (Å²) in [7, 11) is 1.62. The predicted molar refractivity (Wildman–Crippen MR) is 142 cm³/mol. The van der Waals surface area contributed by atoms with Gasteiger partial charge in [0.1, 0.15) is 11.5 Å². The van der Waals surface area contributed by atoms with Gasteiger partial charge < -0.3 is 25.2 Å². The zero-order chi connectivity index (χ0) is 26.4. The third-order valence-electron chi connectivity index (χ3n) is 7.67. The van der Waals surface area contributed by atoms with Gasteiger partial charge >= 0.3 is 5.97 Å². The quantitative estimate of drug-likeness (QED) is 0.453. The maximum absolute atomic E-state index is 13.4. The molecule has 2 heterocycles. The van der Waals surface area contributed by atoms with E-state index in [1.54, 1.807) is 7.11 Å². The van der Waals surface area contributed by atoms with Crippen molar-refractivity contribution < 1.29 is 24.2 Å². The van der Waals surface area contributed by atoms with E-state index in [0.29, 0.717) is 39.2 Å². The van der Waals surface area contributed by atoms with Gasteiger partial charge in [-0.15, -0.1) is 0 Å². The van der Waals surface area contributed by atoms with Crippen LogP contribution in [0.15, 0.2) is 42.5 Å². The fourth-order valence-corrected chi connectivity index (χ4v) is 5.76. The van der Waals surface area contributed by atoms with Gasteiger partial charge in [-0.05, 0) is 41.7 Å². The number of hydrogen-bond acceptors (Lipinski definition) is 6. The predicted octanol–water partition coefficient (Wildman–Crippen LogP) is 2.93. The molecule has 2 aromatic rings. The monoisotopic (exact) mass is 509 g/mol. The molecule has 2 aliphatic heterocycles. The standard InChI is InChI=1S/C29H39N3O5/c1-3-4-13-31(14-12-30)27(33)19-32-18-23(20-9-10-26-22(16-20)11-15-37-26)28(29(34)35)24(32)17-21-7-5-6-8-25(21)36-2/h5-10,16,23-24,28H,3-4,11-15,17-19,30H2,1-2H3,(H,34,35). The molecule has 37 heavy (non-hydrogen) atoms. The number of para-hydroxylation sites is 1. The number of carbonyl (C=O) groups is 2. The minimum Gasteiger partial charge on any atom is -0.496 e. The zero-order valence-corrected chi connectivity index (χ0v) is 21.9. The van der Waals surface area contributed by atoms with Gasteiger partial charge in [-0.1, -0.05) is 43.7 Å². The highest BCUT2D eigenvalue weighted by Gasteiger charge is 2.47. The van der Waals surface area contributed by atoms with Crippen molar-refractivity contribution in [1.29, 1.82) is 0 Å². The summed E-state index contributed by atoms with van der Waals surface area (Å²) in [4.78, 5) is 30.1. The molecule has 1 saturated heterocycles. The van der Waals surface area contributed by atoms with Crippen molar-refractivity contribution in [3.63, 3.8) is 0 Å². The number of rotatable bonds is 12. The number of benzene rings is 2. The first-order valence-electron chi connectivity index (χ1n) is 13.3. The first-order chi connectivity index (χ1) is 18.0. The molecular formula is C29H39N3O5. The number of hydrogen-bond donors (Lipinski definition) is 2. The van der Waals surface area contributed by atoms with Crippen LogP contribution in [0, 0.1) is 5.92 Å². The van der Waals surface area contributed by atoms with E-state index in [1.165, 1.54) is 0 Å². The molecule has 200 valence electrons. The van der Waals surface area contributed by atoms with Crippen LogP contribution in [0.1, 0.15) is 42.4 Å². The summed E-state index contributed by atoms with van der Waals surface area (Å²) >= 11 is 0. The Labute approximate surface area is 219 Å². The maximum Gasteiger partial charge on any atom is 0.308 e. The van der Waals surface area contributed by atoms with Crippen LogP contribution in [0.4, 0.5) is 0 Å².